The zero-order valence-electron chi connectivity index (χ0n) is 16.9. The molecule has 0 saturated heterocycles. The molecule has 1 aromatic carbocycles. The standard InChI is InChI=1S/C21H27N3O4/c1-5-24(6-2)12-14-9-8-10-16-18(14)19-15(13-26-4)20(22-11-17(19)23-16)28-21(25)27-7-3/h8-11,23H,5-7,12-13H2,1-4H3. The van der Waals surface area contributed by atoms with Crippen molar-refractivity contribution in [2.24, 2.45) is 0 Å². The third-order valence-electron chi connectivity index (χ3n) is 4.83. The number of hydrogen-bond acceptors (Lipinski definition) is 6. The number of nitrogens with one attached hydrogen (secondary N) is 1. The van der Waals surface area contributed by atoms with Crippen LogP contribution in [0.1, 0.15) is 31.9 Å². The molecule has 0 amide bonds. The van der Waals surface area contributed by atoms with Crippen LogP contribution in [0.5, 0.6) is 5.88 Å². The summed E-state index contributed by atoms with van der Waals surface area (Å²) in [5.41, 5.74) is 3.83. The fourth-order valence-corrected chi connectivity index (χ4v) is 3.47. The van der Waals surface area contributed by atoms with E-state index in [9.17, 15) is 4.79 Å². The molecule has 3 aromatic rings. The Hall–Kier alpha value is -2.64. The van der Waals surface area contributed by atoms with E-state index in [0.717, 1.165) is 47.0 Å². The SMILES string of the molecule is CCOC(=O)Oc1ncc2[nH]c3cccc(CN(CC)CC)c3c2c1COC. The van der Waals surface area contributed by atoms with Gasteiger partial charge in [0, 0.05) is 29.9 Å². The predicted octanol–water partition coefficient (Wildman–Crippen LogP) is 4.24. The molecule has 0 aliphatic rings. The highest BCUT2D eigenvalue weighted by atomic mass is 16.7. The molecule has 0 aliphatic carbocycles. The third kappa shape index (κ3) is 3.95. The van der Waals surface area contributed by atoms with Gasteiger partial charge in [0.15, 0.2) is 0 Å². The molecule has 0 fully saturated rings. The summed E-state index contributed by atoms with van der Waals surface area (Å²) in [4.78, 5) is 22.0. The fraction of sp³-hybridized carbons (Fsp3) is 0.429. The van der Waals surface area contributed by atoms with Gasteiger partial charge in [-0.2, -0.15) is 0 Å². The molecule has 1 N–H and O–H groups in total. The van der Waals surface area contributed by atoms with E-state index in [1.165, 1.54) is 5.56 Å². The van der Waals surface area contributed by atoms with Gasteiger partial charge >= 0.3 is 6.16 Å². The Kier molecular flexibility index (Phi) is 6.49. The molecule has 28 heavy (non-hydrogen) atoms. The summed E-state index contributed by atoms with van der Waals surface area (Å²) in [6.07, 6.45) is 0.916. The average molecular weight is 385 g/mol. The van der Waals surface area contributed by atoms with Gasteiger partial charge in [-0.3, -0.25) is 4.90 Å². The van der Waals surface area contributed by atoms with Gasteiger partial charge < -0.3 is 19.2 Å². The Morgan fingerprint density at radius 3 is 2.61 bits per heavy atom. The molecule has 0 aliphatic heterocycles. The van der Waals surface area contributed by atoms with Crippen LogP contribution in [0.15, 0.2) is 24.4 Å². The van der Waals surface area contributed by atoms with Crippen molar-refractivity contribution in [3.63, 3.8) is 0 Å². The molecule has 2 aromatic heterocycles. The monoisotopic (exact) mass is 385 g/mol. The van der Waals surface area contributed by atoms with Crippen molar-refractivity contribution >= 4 is 28.0 Å². The highest BCUT2D eigenvalue weighted by molar-refractivity contribution is 6.11. The van der Waals surface area contributed by atoms with Gasteiger partial charge in [-0.05, 0) is 31.6 Å². The summed E-state index contributed by atoms with van der Waals surface area (Å²) < 4.78 is 15.7. The number of hydrogen-bond donors (Lipinski definition) is 1. The van der Waals surface area contributed by atoms with Crippen LogP contribution >= 0.6 is 0 Å². The summed E-state index contributed by atoms with van der Waals surface area (Å²) in [6.45, 7) is 9.33. The number of aromatic nitrogens is 2. The molecule has 2 heterocycles. The quantitative estimate of drug-likeness (QED) is 0.585. The number of fused-ring (bicyclic) bond motifs is 3. The van der Waals surface area contributed by atoms with Gasteiger partial charge in [0.25, 0.3) is 0 Å². The van der Waals surface area contributed by atoms with Crippen LogP contribution in [0.4, 0.5) is 4.79 Å². The number of pyridine rings is 1. The van der Waals surface area contributed by atoms with Crippen molar-refractivity contribution < 1.29 is 19.0 Å². The summed E-state index contributed by atoms with van der Waals surface area (Å²) in [6, 6.07) is 6.23. The summed E-state index contributed by atoms with van der Waals surface area (Å²) >= 11 is 0. The fourth-order valence-electron chi connectivity index (χ4n) is 3.47. The minimum Gasteiger partial charge on any atom is -0.434 e. The van der Waals surface area contributed by atoms with Gasteiger partial charge in [0.2, 0.25) is 5.88 Å². The molecule has 150 valence electrons. The Labute approximate surface area is 164 Å². The molecule has 0 spiro atoms. The number of benzene rings is 1. The number of carbonyl (C=O) groups is 1. The molecule has 0 bridgehead atoms. The topological polar surface area (TPSA) is 76.7 Å². The largest absolute Gasteiger partial charge is 0.515 e. The van der Waals surface area contributed by atoms with Crippen molar-refractivity contribution in [3.8, 4) is 5.88 Å². The van der Waals surface area contributed by atoms with Gasteiger partial charge in [0.1, 0.15) is 0 Å². The Balaban J connectivity index is 2.20. The first-order chi connectivity index (χ1) is 13.6. The van der Waals surface area contributed by atoms with E-state index in [4.69, 9.17) is 14.2 Å². The van der Waals surface area contributed by atoms with E-state index in [2.05, 4.69) is 40.8 Å². The number of methoxy groups -OCH3 is 1. The molecule has 0 atom stereocenters. The molecule has 3 rings (SSSR count). The maximum atomic E-state index is 11.9. The highest BCUT2D eigenvalue weighted by Gasteiger charge is 2.20. The zero-order chi connectivity index (χ0) is 20.1. The zero-order valence-corrected chi connectivity index (χ0v) is 16.9. The van der Waals surface area contributed by atoms with Crippen LogP contribution in [0.3, 0.4) is 0 Å². The molecular weight excluding hydrogens is 358 g/mol. The van der Waals surface area contributed by atoms with E-state index in [1.54, 1.807) is 20.2 Å². The number of ether oxygens (including phenoxy) is 3. The lowest BCUT2D eigenvalue weighted by Gasteiger charge is -2.19. The average Bonchev–Trinajstić information content (AvgIpc) is 3.07. The second-order valence-electron chi connectivity index (χ2n) is 6.47. The van der Waals surface area contributed by atoms with E-state index in [-0.39, 0.29) is 19.1 Å². The summed E-state index contributed by atoms with van der Waals surface area (Å²) in [5.74, 6) is 0.214. The molecule has 0 saturated carbocycles. The van der Waals surface area contributed by atoms with Crippen LogP contribution in [-0.2, 0) is 22.6 Å². The van der Waals surface area contributed by atoms with E-state index in [0.29, 0.717) is 0 Å². The Bertz CT molecular complexity index is 963. The first-order valence-electron chi connectivity index (χ1n) is 9.59. The first kappa shape index (κ1) is 20.1. The summed E-state index contributed by atoms with van der Waals surface area (Å²) in [7, 11) is 1.61. The molecule has 0 radical (unpaired) electrons. The number of H-pyrrole nitrogens is 1. The number of aromatic amines is 1. The lowest BCUT2D eigenvalue weighted by molar-refractivity contribution is 0.101. The van der Waals surface area contributed by atoms with Gasteiger partial charge in [-0.25, -0.2) is 9.78 Å². The normalized spacial score (nSPS) is 11.5. The second-order valence-corrected chi connectivity index (χ2v) is 6.47. The maximum absolute atomic E-state index is 11.9. The van der Waals surface area contributed by atoms with Gasteiger partial charge in [-0.1, -0.05) is 26.0 Å². The minimum absolute atomic E-state index is 0.214. The van der Waals surface area contributed by atoms with Crippen molar-refractivity contribution in [2.45, 2.75) is 33.9 Å². The molecule has 0 unspecified atom stereocenters. The minimum atomic E-state index is -0.769. The Morgan fingerprint density at radius 2 is 1.93 bits per heavy atom. The molecular formula is C21H27N3O4. The van der Waals surface area contributed by atoms with E-state index >= 15 is 0 Å². The van der Waals surface area contributed by atoms with Crippen LogP contribution < -0.4 is 4.74 Å². The van der Waals surface area contributed by atoms with Crippen LogP contribution in [0.25, 0.3) is 21.8 Å². The van der Waals surface area contributed by atoms with Crippen molar-refractivity contribution in [3.05, 3.63) is 35.5 Å². The second kappa shape index (κ2) is 9.03. The lowest BCUT2D eigenvalue weighted by atomic mass is 10.0. The number of rotatable bonds is 8. The van der Waals surface area contributed by atoms with Gasteiger partial charge in [-0.15, -0.1) is 0 Å². The summed E-state index contributed by atoms with van der Waals surface area (Å²) in [5, 5.41) is 2.07. The first-order valence-corrected chi connectivity index (χ1v) is 9.59. The molecule has 7 heteroatoms. The van der Waals surface area contributed by atoms with Crippen LogP contribution in [0, 0.1) is 0 Å². The number of carbonyl (C=O) groups excluding carboxylic acids is 1. The van der Waals surface area contributed by atoms with Crippen LogP contribution in [0.2, 0.25) is 0 Å². The van der Waals surface area contributed by atoms with Crippen molar-refractivity contribution in [1.82, 2.24) is 14.9 Å². The third-order valence-corrected chi connectivity index (χ3v) is 4.83. The lowest BCUT2D eigenvalue weighted by Crippen LogP contribution is -2.22. The van der Waals surface area contributed by atoms with E-state index in [1.807, 2.05) is 6.07 Å². The smallest absolute Gasteiger partial charge is 0.434 e. The van der Waals surface area contributed by atoms with Crippen molar-refractivity contribution in [2.75, 3.05) is 26.8 Å². The number of nitrogens with zero attached hydrogens (tertiary/aromatic N) is 2. The van der Waals surface area contributed by atoms with E-state index < -0.39 is 6.16 Å². The van der Waals surface area contributed by atoms with Crippen molar-refractivity contribution in [1.29, 1.82) is 0 Å². The maximum Gasteiger partial charge on any atom is 0.515 e. The predicted molar refractivity (Wildman–Crippen MR) is 109 cm³/mol. The highest BCUT2D eigenvalue weighted by Crippen LogP contribution is 2.35. The Morgan fingerprint density at radius 1 is 1.14 bits per heavy atom. The van der Waals surface area contributed by atoms with Gasteiger partial charge in [0.05, 0.1) is 30.5 Å². The molecule has 7 nitrogen and oxygen atoms in total. The van der Waals surface area contributed by atoms with Crippen LogP contribution in [-0.4, -0.2) is 47.8 Å².